The molecule has 0 aromatic heterocycles. The molecule has 28 heavy (non-hydrogen) atoms. The van der Waals surface area contributed by atoms with Gasteiger partial charge in [0.15, 0.2) is 0 Å². The van der Waals surface area contributed by atoms with Crippen LogP contribution in [-0.4, -0.2) is 75.0 Å². The molecule has 4 rings (SSSR count). The molecule has 7 heteroatoms. The van der Waals surface area contributed by atoms with Crippen molar-refractivity contribution in [1.82, 2.24) is 15.1 Å². The Balaban J connectivity index is 1.46. The van der Waals surface area contributed by atoms with Gasteiger partial charge >= 0.3 is 0 Å². The molecular formula is C21H30N4O3. The van der Waals surface area contributed by atoms with Crippen molar-refractivity contribution in [2.45, 2.75) is 19.3 Å². The highest BCUT2D eigenvalue weighted by atomic mass is 16.5. The number of amides is 2. The number of benzene rings is 1. The maximum atomic E-state index is 12.9. The quantitative estimate of drug-likeness (QED) is 0.819. The molecule has 2 saturated heterocycles. The Labute approximate surface area is 166 Å². The number of hydrogen-bond acceptors (Lipinski definition) is 5. The van der Waals surface area contributed by atoms with Gasteiger partial charge in [0.2, 0.25) is 5.91 Å². The van der Waals surface area contributed by atoms with Gasteiger partial charge in [0.1, 0.15) is 5.75 Å². The second-order valence-electron chi connectivity index (χ2n) is 8.37. The number of likely N-dealkylation sites (N-methyl/N-ethyl adjacent to an activating group) is 1. The van der Waals surface area contributed by atoms with E-state index >= 15 is 0 Å². The molecule has 2 aliphatic heterocycles. The van der Waals surface area contributed by atoms with Crippen LogP contribution >= 0.6 is 0 Å². The number of piperidine rings is 1. The van der Waals surface area contributed by atoms with Crippen LogP contribution < -0.4 is 15.4 Å². The molecule has 3 aliphatic rings. The summed E-state index contributed by atoms with van der Waals surface area (Å²) in [6.45, 7) is 5.18. The number of carbonyl (C=O) groups is 2. The van der Waals surface area contributed by atoms with Gasteiger partial charge in [0.05, 0.1) is 12.8 Å². The molecule has 2 N–H and O–H groups in total. The lowest BCUT2D eigenvalue weighted by Gasteiger charge is -2.32. The number of rotatable bonds is 4. The monoisotopic (exact) mass is 386 g/mol. The van der Waals surface area contributed by atoms with Gasteiger partial charge in [-0.05, 0) is 63.0 Å². The summed E-state index contributed by atoms with van der Waals surface area (Å²) < 4.78 is 5.42. The van der Waals surface area contributed by atoms with Crippen LogP contribution in [0, 0.1) is 11.3 Å². The lowest BCUT2D eigenvalue weighted by atomic mass is 9.92. The molecule has 2 heterocycles. The number of piperazine rings is 1. The van der Waals surface area contributed by atoms with Crippen molar-refractivity contribution >= 4 is 17.5 Å². The zero-order valence-corrected chi connectivity index (χ0v) is 16.8. The summed E-state index contributed by atoms with van der Waals surface area (Å²) in [4.78, 5) is 29.8. The fourth-order valence-electron chi connectivity index (χ4n) is 4.55. The molecule has 1 aromatic rings. The van der Waals surface area contributed by atoms with Crippen LogP contribution in [0.3, 0.4) is 0 Å². The summed E-state index contributed by atoms with van der Waals surface area (Å²) in [6.07, 6.45) is 3.08. The summed E-state index contributed by atoms with van der Waals surface area (Å²) in [5.41, 5.74) is 1.35. The van der Waals surface area contributed by atoms with Gasteiger partial charge in [-0.3, -0.25) is 9.59 Å². The SMILES string of the molecule is COc1ccc(C(=O)N2CCN(C)CC2)cc1NC(=O)C1CC12CCNCC2. The fraction of sp³-hybridized carbons (Fsp3) is 0.619. The highest BCUT2D eigenvalue weighted by molar-refractivity contribution is 6.00. The lowest BCUT2D eigenvalue weighted by Crippen LogP contribution is -2.47. The van der Waals surface area contributed by atoms with Gasteiger partial charge in [0.25, 0.3) is 5.91 Å². The molecular weight excluding hydrogens is 356 g/mol. The van der Waals surface area contributed by atoms with Crippen molar-refractivity contribution in [2.75, 3.05) is 58.7 Å². The smallest absolute Gasteiger partial charge is 0.254 e. The first kappa shape index (κ1) is 19.2. The van der Waals surface area contributed by atoms with Gasteiger partial charge in [-0.15, -0.1) is 0 Å². The Morgan fingerprint density at radius 1 is 1.18 bits per heavy atom. The van der Waals surface area contributed by atoms with Crippen molar-refractivity contribution in [3.63, 3.8) is 0 Å². The van der Waals surface area contributed by atoms with Crippen LogP contribution in [0.2, 0.25) is 0 Å². The van der Waals surface area contributed by atoms with Crippen molar-refractivity contribution in [2.24, 2.45) is 11.3 Å². The second kappa shape index (κ2) is 7.72. The second-order valence-corrected chi connectivity index (χ2v) is 8.37. The molecule has 1 spiro atoms. The Morgan fingerprint density at radius 2 is 1.89 bits per heavy atom. The van der Waals surface area contributed by atoms with Crippen molar-refractivity contribution < 1.29 is 14.3 Å². The third-order valence-electron chi connectivity index (χ3n) is 6.60. The molecule has 1 unspecified atom stereocenters. The van der Waals surface area contributed by atoms with Crippen LogP contribution in [0.4, 0.5) is 5.69 Å². The van der Waals surface area contributed by atoms with Gasteiger partial charge < -0.3 is 25.2 Å². The third kappa shape index (κ3) is 3.73. The largest absolute Gasteiger partial charge is 0.495 e. The Bertz CT molecular complexity index is 752. The van der Waals surface area contributed by atoms with E-state index in [-0.39, 0.29) is 23.1 Å². The number of nitrogens with one attached hydrogen (secondary N) is 2. The average Bonchev–Trinajstić information content (AvgIpc) is 3.41. The van der Waals surface area contributed by atoms with Gasteiger partial charge in [-0.1, -0.05) is 0 Å². The van der Waals surface area contributed by atoms with E-state index in [4.69, 9.17) is 4.74 Å². The molecule has 152 valence electrons. The molecule has 2 amide bonds. The van der Waals surface area contributed by atoms with Gasteiger partial charge in [-0.25, -0.2) is 0 Å². The fourth-order valence-corrected chi connectivity index (χ4v) is 4.55. The summed E-state index contributed by atoms with van der Waals surface area (Å²) in [5, 5.41) is 6.40. The van der Waals surface area contributed by atoms with Crippen LogP contribution in [0.1, 0.15) is 29.6 Å². The molecule has 1 saturated carbocycles. The van der Waals surface area contributed by atoms with Crippen LogP contribution in [0.25, 0.3) is 0 Å². The predicted octanol–water partition coefficient (Wildman–Crippen LogP) is 1.41. The Morgan fingerprint density at radius 3 is 2.57 bits per heavy atom. The van der Waals surface area contributed by atoms with Crippen LogP contribution in [-0.2, 0) is 4.79 Å². The van der Waals surface area contributed by atoms with E-state index in [1.165, 1.54) is 0 Å². The topological polar surface area (TPSA) is 73.9 Å². The standard InChI is InChI=1S/C21H30N4O3/c1-24-9-11-25(12-10-24)20(27)15-3-4-18(28-2)17(13-15)23-19(26)16-14-21(16)5-7-22-8-6-21/h3-4,13,16,22H,5-12,14H2,1-2H3,(H,23,26). The number of anilines is 1. The summed E-state index contributed by atoms with van der Waals surface area (Å²) in [7, 11) is 3.65. The number of methoxy groups -OCH3 is 1. The summed E-state index contributed by atoms with van der Waals surface area (Å²) in [5.74, 6) is 0.705. The molecule has 0 radical (unpaired) electrons. The maximum absolute atomic E-state index is 12.9. The van der Waals surface area contributed by atoms with E-state index in [0.29, 0.717) is 17.0 Å². The first-order valence-corrected chi connectivity index (χ1v) is 10.2. The lowest BCUT2D eigenvalue weighted by molar-refractivity contribution is -0.118. The van der Waals surface area contributed by atoms with Crippen molar-refractivity contribution in [3.05, 3.63) is 23.8 Å². The Hall–Kier alpha value is -2.12. The normalized spacial score (nSPS) is 24.1. The van der Waals surface area contributed by atoms with E-state index < -0.39 is 0 Å². The minimum Gasteiger partial charge on any atom is -0.495 e. The minimum atomic E-state index is 0.00694. The summed E-state index contributed by atoms with van der Waals surface area (Å²) in [6, 6.07) is 5.31. The number of hydrogen-bond donors (Lipinski definition) is 2. The molecule has 1 aliphatic carbocycles. The predicted molar refractivity (Wildman–Crippen MR) is 108 cm³/mol. The van der Waals surface area contributed by atoms with Crippen molar-refractivity contribution in [3.8, 4) is 5.75 Å². The molecule has 1 atom stereocenters. The molecule has 7 nitrogen and oxygen atoms in total. The summed E-state index contributed by atoms with van der Waals surface area (Å²) >= 11 is 0. The maximum Gasteiger partial charge on any atom is 0.254 e. The highest BCUT2D eigenvalue weighted by Gasteiger charge is 2.57. The van der Waals surface area contributed by atoms with E-state index in [0.717, 1.165) is 58.5 Å². The Kier molecular flexibility index (Phi) is 5.29. The number of carbonyl (C=O) groups excluding carboxylic acids is 2. The van der Waals surface area contributed by atoms with Crippen LogP contribution in [0.5, 0.6) is 5.75 Å². The van der Waals surface area contributed by atoms with E-state index in [2.05, 4.69) is 22.6 Å². The first-order valence-electron chi connectivity index (χ1n) is 10.2. The number of ether oxygens (including phenoxy) is 1. The average molecular weight is 386 g/mol. The van der Waals surface area contributed by atoms with Gasteiger partial charge in [0, 0.05) is 37.7 Å². The van der Waals surface area contributed by atoms with Crippen molar-refractivity contribution in [1.29, 1.82) is 0 Å². The van der Waals surface area contributed by atoms with E-state index in [1.807, 2.05) is 4.90 Å². The zero-order valence-electron chi connectivity index (χ0n) is 16.8. The minimum absolute atomic E-state index is 0.00694. The first-order chi connectivity index (χ1) is 13.5. The number of nitrogens with zero attached hydrogens (tertiary/aromatic N) is 2. The van der Waals surface area contributed by atoms with E-state index in [9.17, 15) is 9.59 Å². The van der Waals surface area contributed by atoms with Crippen LogP contribution in [0.15, 0.2) is 18.2 Å². The molecule has 3 fully saturated rings. The van der Waals surface area contributed by atoms with Gasteiger partial charge in [-0.2, -0.15) is 0 Å². The molecule has 0 bridgehead atoms. The third-order valence-corrected chi connectivity index (χ3v) is 6.60. The van der Waals surface area contributed by atoms with E-state index in [1.54, 1.807) is 25.3 Å². The zero-order chi connectivity index (χ0) is 19.7. The highest BCUT2D eigenvalue weighted by Crippen LogP contribution is 2.58. The molecule has 1 aromatic carbocycles.